The molecule has 2 aromatic rings. The maximum absolute atomic E-state index is 13.6. The minimum Gasteiger partial charge on any atom is -0.457 e. The number of ether oxygens (including phenoxy) is 1. The van der Waals surface area contributed by atoms with E-state index in [1.165, 1.54) is 24.3 Å². The Kier molecular flexibility index (Phi) is 4.62. The molecule has 0 saturated heterocycles. The van der Waals surface area contributed by atoms with Gasteiger partial charge in [-0.1, -0.05) is 33.6 Å². The first kappa shape index (κ1) is 14.8. The number of anilines is 1. The van der Waals surface area contributed by atoms with Crippen LogP contribution in [0, 0.1) is 5.82 Å². The average molecular weight is 359 g/mol. The first-order chi connectivity index (χ1) is 9.47. The molecule has 6 heteroatoms. The van der Waals surface area contributed by atoms with Crippen LogP contribution in [0.4, 0.5) is 10.1 Å². The Hall–Kier alpha value is -1.59. The second kappa shape index (κ2) is 6.24. The van der Waals surface area contributed by atoms with Crippen LogP contribution in [0.1, 0.15) is 15.9 Å². The number of hydrogen-bond acceptors (Lipinski definition) is 3. The summed E-state index contributed by atoms with van der Waals surface area (Å²) in [5.41, 5.74) is 6.49. The molecule has 104 valence electrons. The van der Waals surface area contributed by atoms with E-state index in [1.54, 1.807) is 12.1 Å². The van der Waals surface area contributed by atoms with Crippen molar-refractivity contribution in [2.24, 2.45) is 0 Å². The van der Waals surface area contributed by atoms with Crippen LogP contribution in [-0.4, -0.2) is 5.97 Å². The van der Waals surface area contributed by atoms with E-state index in [0.29, 0.717) is 15.7 Å². The molecule has 20 heavy (non-hydrogen) atoms. The molecule has 0 bridgehead atoms. The third kappa shape index (κ3) is 3.49. The van der Waals surface area contributed by atoms with E-state index in [-0.39, 0.29) is 17.2 Å². The van der Waals surface area contributed by atoms with Crippen LogP contribution in [0.2, 0.25) is 5.02 Å². The Balaban J connectivity index is 2.06. The number of hydrogen-bond donors (Lipinski definition) is 1. The molecule has 0 atom stereocenters. The topological polar surface area (TPSA) is 52.3 Å². The highest BCUT2D eigenvalue weighted by Crippen LogP contribution is 2.21. The van der Waals surface area contributed by atoms with Crippen LogP contribution in [0.5, 0.6) is 0 Å². The molecule has 0 aliphatic carbocycles. The fourth-order valence-electron chi connectivity index (χ4n) is 1.52. The largest absolute Gasteiger partial charge is 0.457 e. The predicted molar refractivity (Wildman–Crippen MR) is 79.1 cm³/mol. The minimum absolute atomic E-state index is 0.153. The molecule has 0 heterocycles. The summed E-state index contributed by atoms with van der Waals surface area (Å²) in [5, 5.41) is 0.272. The number of nitrogen functional groups attached to an aromatic ring is 1. The summed E-state index contributed by atoms with van der Waals surface area (Å²) in [7, 11) is 0. The van der Waals surface area contributed by atoms with Crippen molar-refractivity contribution in [1.29, 1.82) is 0 Å². The van der Waals surface area contributed by atoms with Gasteiger partial charge in [0.2, 0.25) is 0 Å². The summed E-state index contributed by atoms with van der Waals surface area (Å²) in [6.07, 6.45) is 0. The van der Waals surface area contributed by atoms with Crippen molar-refractivity contribution in [3.63, 3.8) is 0 Å². The molecule has 0 amide bonds. The quantitative estimate of drug-likeness (QED) is 0.661. The fraction of sp³-hybridized carbons (Fsp3) is 0.0714. The summed E-state index contributed by atoms with van der Waals surface area (Å²) < 4.78 is 19.2. The Morgan fingerprint density at radius 3 is 2.70 bits per heavy atom. The summed E-state index contributed by atoms with van der Waals surface area (Å²) in [6, 6.07) is 8.95. The number of rotatable bonds is 3. The van der Waals surface area contributed by atoms with Gasteiger partial charge >= 0.3 is 5.97 Å². The van der Waals surface area contributed by atoms with Crippen molar-refractivity contribution in [3.8, 4) is 0 Å². The lowest BCUT2D eigenvalue weighted by Gasteiger charge is -2.07. The Labute approximate surface area is 128 Å². The van der Waals surface area contributed by atoms with Gasteiger partial charge in [0.05, 0.1) is 16.3 Å². The maximum atomic E-state index is 13.6. The Morgan fingerprint density at radius 2 is 2.05 bits per heavy atom. The number of halogens is 3. The van der Waals surface area contributed by atoms with Crippen LogP contribution in [-0.2, 0) is 11.3 Å². The minimum atomic E-state index is -0.589. The molecular formula is C14H10BrClFNO2. The van der Waals surface area contributed by atoms with Gasteiger partial charge in [-0.2, -0.15) is 0 Å². The van der Waals surface area contributed by atoms with Gasteiger partial charge in [0.25, 0.3) is 0 Å². The van der Waals surface area contributed by atoms with Crippen LogP contribution >= 0.6 is 27.5 Å². The zero-order valence-electron chi connectivity index (χ0n) is 10.2. The molecule has 0 saturated carbocycles. The lowest BCUT2D eigenvalue weighted by Crippen LogP contribution is -2.06. The van der Waals surface area contributed by atoms with E-state index in [9.17, 15) is 9.18 Å². The highest BCUT2D eigenvalue weighted by Gasteiger charge is 2.11. The maximum Gasteiger partial charge on any atom is 0.338 e. The van der Waals surface area contributed by atoms with E-state index in [1.807, 2.05) is 0 Å². The van der Waals surface area contributed by atoms with E-state index in [4.69, 9.17) is 22.1 Å². The van der Waals surface area contributed by atoms with Gasteiger partial charge in [0, 0.05) is 10.0 Å². The van der Waals surface area contributed by atoms with Crippen LogP contribution < -0.4 is 5.73 Å². The molecule has 0 spiro atoms. The molecule has 0 radical (unpaired) electrons. The van der Waals surface area contributed by atoms with Gasteiger partial charge in [0.15, 0.2) is 0 Å². The van der Waals surface area contributed by atoms with Gasteiger partial charge in [-0.15, -0.1) is 0 Å². The van der Waals surface area contributed by atoms with Crippen LogP contribution in [0.15, 0.2) is 40.9 Å². The Morgan fingerprint density at radius 1 is 1.30 bits per heavy atom. The highest BCUT2D eigenvalue weighted by molar-refractivity contribution is 9.10. The third-order valence-corrected chi connectivity index (χ3v) is 3.43. The van der Waals surface area contributed by atoms with Crippen LogP contribution in [0.25, 0.3) is 0 Å². The van der Waals surface area contributed by atoms with Gasteiger partial charge in [-0.25, -0.2) is 9.18 Å². The van der Waals surface area contributed by atoms with E-state index < -0.39 is 11.8 Å². The molecule has 2 N–H and O–H groups in total. The molecule has 0 aliphatic rings. The first-order valence-corrected chi connectivity index (χ1v) is 6.80. The number of carbonyl (C=O) groups excluding carboxylic acids is 1. The second-order valence-electron chi connectivity index (χ2n) is 4.05. The smallest absolute Gasteiger partial charge is 0.338 e. The SMILES string of the molecule is Nc1ccc(C(=O)OCc2ccc(Br)cc2F)cc1Cl. The van der Waals surface area contributed by atoms with Crippen molar-refractivity contribution in [1.82, 2.24) is 0 Å². The normalized spacial score (nSPS) is 10.3. The lowest BCUT2D eigenvalue weighted by molar-refractivity contribution is 0.0469. The summed E-state index contributed by atoms with van der Waals surface area (Å²) in [4.78, 5) is 11.8. The van der Waals surface area contributed by atoms with E-state index in [2.05, 4.69) is 15.9 Å². The predicted octanol–water partition coefficient (Wildman–Crippen LogP) is 4.18. The van der Waals surface area contributed by atoms with Gasteiger partial charge in [-0.05, 0) is 30.3 Å². The third-order valence-electron chi connectivity index (χ3n) is 2.61. The number of carbonyl (C=O) groups is 1. The zero-order valence-corrected chi connectivity index (χ0v) is 12.5. The van der Waals surface area contributed by atoms with Crippen molar-refractivity contribution < 1.29 is 13.9 Å². The number of nitrogens with two attached hydrogens (primary N) is 1. The fourth-order valence-corrected chi connectivity index (χ4v) is 2.03. The average Bonchev–Trinajstić information content (AvgIpc) is 2.40. The number of esters is 1. The van der Waals surface area contributed by atoms with Crippen molar-refractivity contribution in [2.75, 3.05) is 5.73 Å². The summed E-state index contributed by atoms with van der Waals surface area (Å²) >= 11 is 8.97. The second-order valence-corrected chi connectivity index (χ2v) is 5.37. The molecule has 0 fully saturated rings. The molecule has 2 aromatic carbocycles. The first-order valence-electron chi connectivity index (χ1n) is 5.63. The molecule has 2 rings (SSSR count). The van der Waals surface area contributed by atoms with Crippen molar-refractivity contribution in [2.45, 2.75) is 6.61 Å². The highest BCUT2D eigenvalue weighted by atomic mass is 79.9. The summed E-state index contributed by atoms with van der Waals surface area (Å²) in [6.45, 7) is -0.153. The van der Waals surface area contributed by atoms with E-state index in [0.717, 1.165) is 0 Å². The van der Waals surface area contributed by atoms with Crippen molar-refractivity contribution >= 4 is 39.2 Å². The standard InChI is InChI=1S/C14H10BrClFNO2/c15-10-3-1-9(12(17)6-10)7-20-14(19)8-2-4-13(18)11(16)5-8/h1-6H,7,18H2. The van der Waals surface area contributed by atoms with Gasteiger partial charge in [-0.3, -0.25) is 0 Å². The van der Waals surface area contributed by atoms with Crippen LogP contribution in [0.3, 0.4) is 0 Å². The lowest BCUT2D eigenvalue weighted by atomic mass is 10.2. The molecule has 3 nitrogen and oxygen atoms in total. The Bertz CT molecular complexity index is 664. The zero-order chi connectivity index (χ0) is 14.7. The monoisotopic (exact) mass is 357 g/mol. The molecule has 0 aromatic heterocycles. The van der Waals surface area contributed by atoms with Gasteiger partial charge in [0.1, 0.15) is 12.4 Å². The molecule has 0 unspecified atom stereocenters. The van der Waals surface area contributed by atoms with E-state index >= 15 is 0 Å². The van der Waals surface area contributed by atoms with Crippen molar-refractivity contribution in [3.05, 3.63) is 62.8 Å². The summed E-state index contributed by atoms with van der Waals surface area (Å²) in [5.74, 6) is -1.03. The number of benzene rings is 2. The molecule has 0 aliphatic heterocycles. The van der Waals surface area contributed by atoms with Gasteiger partial charge < -0.3 is 10.5 Å². The molecular weight excluding hydrogens is 349 g/mol.